The summed E-state index contributed by atoms with van der Waals surface area (Å²) in [4.78, 5) is 3.48. The van der Waals surface area contributed by atoms with Crippen LogP contribution in [0.25, 0.3) is 22.2 Å². The van der Waals surface area contributed by atoms with E-state index >= 15 is 0 Å². The summed E-state index contributed by atoms with van der Waals surface area (Å²) in [6.45, 7) is 8.31. The Kier molecular flexibility index (Phi) is 3.38. The van der Waals surface area contributed by atoms with Gasteiger partial charge in [-0.1, -0.05) is 42.5 Å². The molecule has 3 nitrogen and oxygen atoms in total. The monoisotopic (exact) mass is 319 g/mol. The molecular weight excluding hydrogens is 297 g/mol. The minimum atomic E-state index is -0.325. The number of aromatic nitrogens is 1. The van der Waals surface area contributed by atoms with E-state index in [2.05, 4.69) is 81.2 Å². The second-order valence-electron chi connectivity index (χ2n) is 7.48. The van der Waals surface area contributed by atoms with E-state index in [1.54, 1.807) is 0 Å². The Bertz CT molecular complexity index is 867. The van der Waals surface area contributed by atoms with Crippen LogP contribution in [0.4, 0.5) is 0 Å². The smallest absolute Gasteiger partial charge is 0.399 e. The first-order valence-electron chi connectivity index (χ1n) is 8.39. The quantitative estimate of drug-likeness (QED) is 0.721. The molecule has 0 spiro atoms. The maximum absolute atomic E-state index is 6.16. The third-order valence-electron chi connectivity index (χ3n) is 5.26. The van der Waals surface area contributed by atoms with E-state index in [1.165, 1.54) is 10.9 Å². The zero-order chi connectivity index (χ0) is 16.9. The zero-order valence-electron chi connectivity index (χ0n) is 14.6. The second-order valence-corrected chi connectivity index (χ2v) is 7.48. The molecular formula is C20H22BNO2. The van der Waals surface area contributed by atoms with Gasteiger partial charge in [0.15, 0.2) is 0 Å². The van der Waals surface area contributed by atoms with Gasteiger partial charge in [0, 0.05) is 11.2 Å². The molecule has 3 aromatic rings. The van der Waals surface area contributed by atoms with E-state index in [4.69, 9.17) is 9.31 Å². The SMILES string of the molecule is CC1(C)OB(c2ccc3[nH]c(-c4ccccc4)cc3c2)OC1(C)C. The average molecular weight is 319 g/mol. The van der Waals surface area contributed by atoms with Crippen molar-refractivity contribution in [2.24, 2.45) is 0 Å². The minimum Gasteiger partial charge on any atom is -0.399 e. The fourth-order valence-electron chi connectivity index (χ4n) is 3.05. The summed E-state index contributed by atoms with van der Waals surface area (Å²) in [5.41, 5.74) is 3.84. The highest BCUT2D eigenvalue weighted by Crippen LogP contribution is 2.36. The molecule has 0 radical (unpaired) electrons. The summed E-state index contributed by atoms with van der Waals surface area (Å²) in [7, 11) is -0.325. The molecule has 1 aliphatic heterocycles. The maximum atomic E-state index is 6.16. The maximum Gasteiger partial charge on any atom is 0.494 e. The van der Waals surface area contributed by atoms with Crippen molar-refractivity contribution in [1.82, 2.24) is 4.98 Å². The van der Waals surface area contributed by atoms with Gasteiger partial charge in [-0.25, -0.2) is 0 Å². The van der Waals surface area contributed by atoms with Crippen LogP contribution < -0.4 is 5.46 Å². The van der Waals surface area contributed by atoms with Crippen LogP contribution in [0.5, 0.6) is 0 Å². The van der Waals surface area contributed by atoms with Crippen LogP contribution in [0.15, 0.2) is 54.6 Å². The molecule has 4 heteroatoms. The molecule has 0 aliphatic carbocycles. The topological polar surface area (TPSA) is 34.2 Å². The largest absolute Gasteiger partial charge is 0.494 e. The van der Waals surface area contributed by atoms with Crippen LogP contribution in [-0.4, -0.2) is 23.3 Å². The standard InChI is InChI=1S/C20H22BNO2/c1-19(2)20(3,4)24-21(23-19)16-10-11-17-15(12-16)13-18(22-17)14-8-6-5-7-9-14/h5-13,22H,1-4H3. The molecule has 0 bridgehead atoms. The molecule has 122 valence electrons. The molecule has 0 unspecified atom stereocenters. The van der Waals surface area contributed by atoms with E-state index in [-0.39, 0.29) is 18.3 Å². The molecule has 1 N–H and O–H groups in total. The lowest BCUT2D eigenvalue weighted by atomic mass is 9.78. The number of aromatic amines is 1. The highest BCUT2D eigenvalue weighted by Gasteiger charge is 2.51. The summed E-state index contributed by atoms with van der Waals surface area (Å²) in [5.74, 6) is 0. The van der Waals surface area contributed by atoms with Gasteiger partial charge < -0.3 is 14.3 Å². The first-order chi connectivity index (χ1) is 11.4. The normalized spacial score (nSPS) is 19.1. The molecule has 4 rings (SSSR count). The lowest BCUT2D eigenvalue weighted by Gasteiger charge is -2.32. The van der Waals surface area contributed by atoms with Crippen molar-refractivity contribution in [3.05, 3.63) is 54.6 Å². The highest BCUT2D eigenvalue weighted by molar-refractivity contribution is 6.62. The van der Waals surface area contributed by atoms with E-state index < -0.39 is 0 Å². The Balaban J connectivity index is 1.70. The molecule has 1 aliphatic rings. The van der Waals surface area contributed by atoms with Crippen LogP contribution in [0.3, 0.4) is 0 Å². The van der Waals surface area contributed by atoms with E-state index in [0.717, 1.165) is 16.7 Å². The van der Waals surface area contributed by atoms with Crippen LogP contribution in [0.2, 0.25) is 0 Å². The van der Waals surface area contributed by atoms with Crippen molar-refractivity contribution in [2.75, 3.05) is 0 Å². The Morgan fingerprint density at radius 2 is 1.50 bits per heavy atom. The third kappa shape index (κ3) is 2.47. The summed E-state index contributed by atoms with van der Waals surface area (Å²) in [6, 6.07) is 18.9. The molecule has 0 atom stereocenters. The number of H-pyrrole nitrogens is 1. The van der Waals surface area contributed by atoms with Crippen molar-refractivity contribution in [3.63, 3.8) is 0 Å². The number of rotatable bonds is 2. The molecule has 1 aromatic heterocycles. The molecule has 2 heterocycles. The molecule has 24 heavy (non-hydrogen) atoms. The van der Waals surface area contributed by atoms with Gasteiger partial charge in [0.2, 0.25) is 0 Å². The Labute approximate surface area is 143 Å². The van der Waals surface area contributed by atoms with Crippen molar-refractivity contribution in [2.45, 2.75) is 38.9 Å². The lowest BCUT2D eigenvalue weighted by Crippen LogP contribution is -2.41. The van der Waals surface area contributed by atoms with E-state index in [0.29, 0.717) is 0 Å². The lowest BCUT2D eigenvalue weighted by molar-refractivity contribution is 0.00578. The van der Waals surface area contributed by atoms with E-state index in [1.807, 2.05) is 6.07 Å². The van der Waals surface area contributed by atoms with Gasteiger partial charge in [0.05, 0.1) is 11.2 Å². The van der Waals surface area contributed by atoms with Crippen molar-refractivity contribution in [3.8, 4) is 11.3 Å². The van der Waals surface area contributed by atoms with Gasteiger partial charge in [0.1, 0.15) is 0 Å². The number of fused-ring (bicyclic) bond motifs is 1. The molecule has 0 amide bonds. The summed E-state index contributed by atoms with van der Waals surface area (Å²) >= 11 is 0. The van der Waals surface area contributed by atoms with Crippen LogP contribution in [0.1, 0.15) is 27.7 Å². The van der Waals surface area contributed by atoms with Crippen LogP contribution in [0, 0.1) is 0 Å². The number of hydrogen-bond acceptors (Lipinski definition) is 2. The first-order valence-corrected chi connectivity index (χ1v) is 8.39. The first kappa shape index (κ1) is 15.5. The molecule has 1 fully saturated rings. The van der Waals surface area contributed by atoms with Crippen LogP contribution >= 0.6 is 0 Å². The Morgan fingerprint density at radius 3 is 2.17 bits per heavy atom. The van der Waals surface area contributed by atoms with Gasteiger partial charge in [-0.05, 0) is 56.2 Å². The van der Waals surface area contributed by atoms with E-state index in [9.17, 15) is 0 Å². The number of nitrogens with one attached hydrogen (secondary N) is 1. The fraction of sp³-hybridized carbons (Fsp3) is 0.300. The molecule has 2 aromatic carbocycles. The predicted molar refractivity (Wildman–Crippen MR) is 99.5 cm³/mol. The number of hydrogen-bond donors (Lipinski definition) is 1. The van der Waals surface area contributed by atoms with Gasteiger partial charge in [-0.3, -0.25) is 0 Å². The van der Waals surface area contributed by atoms with Crippen LogP contribution in [-0.2, 0) is 9.31 Å². The van der Waals surface area contributed by atoms with Crippen molar-refractivity contribution < 1.29 is 9.31 Å². The predicted octanol–water partition coefficient (Wildman–Crippen LogP) is 4.13. The summed E-state index contributed by atoms with van der Waals surface area (Å²) < 4.78 is 12.3. The Hall–Kier alpha value is -2.04. The summed E-state index contributed by atoms with van der Waals surface area (Å²) in [5, 5.41) is 1.17. The number of benzene rings is 2. The molecule has 1 saturated heterocycles. The minimum absolute atomic E-state index is 0.319. The van der Waals surface area contributed by atoms with Gasteiger partial charge in [0.25, 0.3) is 0 Å². The van der Waals surface area contributed by atoms with Crippen molar-refractivity contribution >= 4 is 23.5 Å². The van der Waals surface area contributed by atoms with Gasteiger partial charge in [-0.2, -0.15) is 0 Å². The highest BCUT2D eigenvalue weighted by atomic mass is 16.7. The fourth-order valence-corrected chi connectivity index (χ4v) is 3.05. The summed E-state index contributed by atoms with van der Waals surface area (Å²) in [6.07, 6.45) is 0. The zero-order valence-corrected chi connectivity index (χ0v) is 14.6. The van der Waals surface area contributed by atoms with Gasteiger partial charge in [-0.15, -0.1) is 0 Å². The van der Waals surface area contributed by atoms with Crippen molar-refractivity contribution in [1.29, 1.82) is 0 Å². The average Bonchev–Trinajstić information content (AvgIpc) is 3.06. The second kappa shape index (κ2) is 5.23. The third-order valence-corrected chi connectivity index (χ3v) is 5.26. The Morgan fingerprint density at radius 1 is 0.833 bits per heavy atom. The molecule has 0 saturated carbocycles. The van der Waals surface area contributed by atoms with Gasteiger partial charge >= 0.3 is 7.12 Å².